The van der Waals surface area contributed by atoms with Crippen LogP contribution in [0.3, 0.4) is 0 Å². The third-order valence-electron chi connectivity index (χ3n) is 2.82. The summed E-state index contributed by atoms with van der Waals surface area (Å²) < 4.78 is 10.3. The van der Waals surface area contributed by atoms with E-state index in [2.05, 4.69) is 10.3 Å². The van der Waals surface area contributed by atoms with E-state index in [4.69, 9.17) is 14.3 Å². The molecule has 0 radical (unpaired) electrons. The third kappa shape index (κ3) is 4.08. The number of amides is 1. The maximum Gasteiger partial charge on any atom is 0.341 e. The highest BCUT2D eigenvalue weighted by Gasteiger charge is 2.15. The molecule has 0 saturated heterocycles. The molecule has 1 heterocycles. The van der Waals surface area contributed by atoms with Gasteiger partial charge in [0, 0.05) is 13.5 Å². The second-order valence-corrected chi connectivity index (χ2v) is 4.66. The van der Waals surface area contributed by atoms with E-state index < -0.39 is 12.6 Å². The van der Waals surface area contributed by atoms with Crippen molar-refractivity contribution >= 4 is 11.9 Å². The second kappa shape index (κ2) is 6.75. The molecule has 1 amide bonds. The summed E-state index contributed by atoms with van der Waals surface area (Å²) in [4.78, 5) is 26.5. The number of carbonyl (C=O) groups is 2. The van der Waals surface area contributed by atoms with Crippen molar-refractivity contribution < 1.29 is 23.8 Å². The summed E-state index contributed by atoms with van der Waals surface area (Å²) in [5.41, 5.74) is 1.32. The quantitative estimate of drug-likeness (QED) is 0.842. The number of ether oxygens (including phenoxy) is 1. The minimum absolute atomic E-state index is 0.191. The maximum absolute atomic E-state index is 12.0. The Kier molecular flexibility index (Phi) is 4.77. The minimum atomic E-state index is -1.05. The van der Waals surface area contributed by atoms with Crippen LogP contribution in [0.5, 0.6) is 5.75 Å². The van der Waals surface area contributed by atoms with E-state index in [9.17, 15) is 9.59 Å². The zero-order valence-corrected chi connectivity index (χ0v) is 12.3. The predicted octanol–water partition coefficient (Wildman–Crippen LogP) is 1.68. The molecule has 1 aromatic heterocycles. The van der Waals surface area contributed by atoms with Crippen molar-refractivity contribution in [2.45, 2.75) is 20.4 Å². The summed E-state index contributed by atoms with van der Waals surface area (Å²) in [6.45, 7) is 3.23. The average Bonchev–Trinajstić information content (AvgIpc) is 2.82. The molecule has 1 aromatic carbocycles. The van der Waals surface area contributed by atoms with Crippen molar-refractivity contribution in [1.82, 2.24) is 10.3 Å². The highest BCUT2D eigenvalue weighted by molar-refractivity contribution is 5.92. The van der Waals surface area contributed by atoms with Crippen LogP contribution in [-0.4, -0.2) is 28.6 Å². The van der Waals surface area contributed by atoms with Crippen LogP contribution in [0.4, 0.5) is 0 Å². The number of hydrogen-bond acceptors (Lipinski definition) is 5. The molecular weight excluding hydrogens is 288 g/mol. The van der Waals surface area contributed by atoms with Gasteiger partial charge in [0.2, 0.25) is 5.76 Å². The molecule has 116 valence electrons. The Morgan fingerprint density at radius 1 is 1.36 bits per heavy atom. The first-order valence-electron chi connectivity index (χ1n) is 6.61. The van der Waals surface area contributed by atoms with Crippen LogP contribution in [0.1, 0.15) is 27.7 Å². The normalized spacial score (nSPS) is 10.3. The topological polar surface area (TPSA) is 102 Å². The number of rotatable bonds is 6. The first-order valence-corrected chi connectivity index (χ1v) is 6.61. The Morgan fingerprint density at radius 2 is 2.14 bits per heavy atom. The molecule has 0 aliphatic rings. The van der Waals surface area contributed by atoms with Gasteiger partial charge in [-0.05, 0) is 24.6 Å². The maximum atomic E-state index is 12.0. The van der Waals surface area contributed by atoms with E-state index in [0.717, 1.165) is 5.56 Å². The molecule has 0 unspecified atom stereocenters. The van der Waals surface area contributed by atoms with Crippen LogP contribution in [0, 0.1) is 13.8 Å². The van der Waals surface area contributed by atoms with Gasteiger partial charge in [-0.1, -0.05) is 12.1 Å². The number of nitrogens with one attached hydrogen (secondary N) is 1. The second-order valence-electron chi connectivity index (χ2n) is 4.66. The number of aliphatic carboxylic acids is 1. The van der Waals surface area contributed by atoms with E-state index in [-0.39, 0.29) is 18.2 Å². The first-order chi connectivity index (χ1) is 10.5. The standard InChI is InChI=1S/C15H16N2O5/c1-9-14(22-10(2)17-9)15(20)16-7-11-4-3-5-12(6-11)21-8-13(18)19/h3-6H,7-8H2,1-2H3,(H,16,20)(H,18,19). The molecule has 0 atom stereocenters. The number of carboxylic acid groups (broad SMARTS) is 1. The fourth-order valence-corrected chi connectivity index (χ4v) is 1.89. The van der Waals surface area contributed by atoms with E-state index in [0.29, 0.717) is 17.3 Å². The van der Waals surface area contributed by atoms with Gasteiger partial charge in [0.1, 0.15) is 5.75 Å². The number of hydrogen-bond donors (Lipinski definition) is 2. The van der Waals surface area contributed by atoms with Crippen molar-refractivity contribution in [3.05, 3.63) is 47.2 Å². The summed E-state index contributed by atoms with van der Waals surface area (Å²) in [6, 6.07) is 6.84. The largest absolute Gasteiger partial charge is 0.482 e. The van der Waals surface area contributed by atoms with Gasteiger partial charge in [0.25, 0.3) is 5.91 Å². The van der Waals surface area contributed by atoms with Gasteiger partial charge < -0.3 is 19.6 Å². The smallest absolute Gasteiger partial charge is 0.341 e. The fourth-order valence-electron chi connectivity index (χ4n) is 1.89. The average molecular weight is 304 g/mol. The van der Waals surface area contributed by atoms with Gasteiger partial charge in [0.15, 0.2) is 12.5 Å². The van der Waals surface area contributed by atoms with Crippen molar-refractivity contribution in [2.24, 2.45) is 0 Å². The van der Waals surface area contributed by atoms with Crippen LogP contribution >= 0.6 is 0 Å². The number of aromatic nitrogens is 1. The number of carboxylic acids is 1. The zero-order chi connectivity index (χ0) is 16.1. The third-order valence-corrected chi connectivity index (χ3v) is 2.82. The Labute approximate surface area is 126 Å². The summed E-state index contributed by atoms with van der Waals surface area (Å²) in [6.07, 6.45) is 0. The van der Waals surface area contributed by atoms with Crippen molar-refractivity contribution in [2.75, 3.05) is 6.61 Å². The van der Waals surface area contributed by atoms with Crippen molar-refractivity contribution in [1.29, 1.82) is 0 Å². The van der Waals surface area contributed by atoms with Crippen LogP contribution in [-0.2, 0) is 11.3 Å². The highest BCUT2D eigenvalue weighted by atomic mass is 16.5. The van der Waals surface area contributed by atoms with Gasteiger partial charge in [-0.15, -0.1) is 0 Å². The Morgan fingerprint density at radius 3 is 2.77 bits per heavy atom. The highest BCUT2D eigenvalue weighted by Crippen LogP contribution is 2.14. The molecule has 7 heteroatoms. The number of benzene rings is 1. The molecule has 0 aliphatic heterocycles. The summed E-state index contributed by atoms with van der Waals surface area (Å²) in [5.74, 6) is -0.340. The molecule has 0 aliphatic carbocycles. The number of oxazole rings is 1. The Balaban J connectivity index is 1.96. The van der Waals surface area contributed by atoms with Crippen LogP contribution in [0.25, 0.3) is 0 Å². The number of nitrogens with zero attached hydrogens (tertiary/aromatic N) is 1. The summed E-state index contributed by atoms with van der Waals surface area (Å²) in [5, 5.41) is 11.3. The molecule has 0 spiro atoms. The SMILES string of the molecule is Cc1nc(C)c(C(=O)NCc2cccc(OCC(=O)O)c2)o1. The zero-order valence-electron chi connectivity index (χ0n) is 12.3. The minimum Gasteiger partial charge on any atom is -0.482 e. The van der Waals surface area contributed by atoms with Gasteiger partial charge in [-0.2, -0.15) is 0 Å². The molecule has 0 fully saturated rings. The summed E-state index contributed by atoms with van der Waals surface area (Å²) in [7, 11) is 0. The van der Waals surface area contributed by atoms with Crippen LogP contribution < -0.4 is 10.1 Å². The lowest BCUT2D eigenvalue weighted by atomic mass is 10.2. The molecule has 7 nitrogen and oxygen atoms in total. The van der Waals surface area contributed by atoms with Gasteiger partial charge in [-0.25, -0.2) is 9.78 Å². The van der Waals surface area contributed by atoms with Gasteiger partial charge in [-0.3, -0.25) is 4.79 Å². The van der Waals surface area contributed by atoms with E-state index in [1.807, 2.05) is 0 Å². The van der Waals surface area contributed by atoms with Crippen LogP contribution in [0.15, 0.2) is 28.7 Å². The van der Waals surface area contributed by atoms with Crippen molar-refractivity contribution in [3.8, 4) is 5.75 Å². The molecule has 0 saturated carbocycles. The molecule has 2 aromatic rings. The Hall–Kier alpha value is -2.83. The predicted molar refractivity (Wildman–Crippen MR) is 76.7 cm³/mol. The number of aryl methyl sites for hydroxylation is 2. The van der Waals surface area contributed by atoms with Gasteiger partial charge in [0.05, 0.1) is 5.69 Å². The molecule has 2 rings (SSSR count). The first kappa shape index (κ1) is 15.6. The van der Waals surface area contributed by atoms with E-state index in [1.165, 1.54) is 0 Å². The van der Waals surface area contributed by atoms with Crippen LogP contribution in [0.2, 0.25) is 0 Å². The van der Waals surface area contributed by atoms with Gasteiger partial charge >= 0.3 is 5.97 Å². The summed E-state index contributed by atoms with van der Waals surface area (Å²) >= 11 is 0. The molecule has 22 heavy (non-hydrogen) atoms. The lowest BCUT2D eigenvalue weighted by Crippen LogP contribution is -2.23. The fraction of sp³-hybridized carbons (Fsp3) is 0.267. The van der Waals surface area contributed by atoms with E-state index >= 15 is 0 Å². The monoisotopic (exact) mass is 304 g/mol. The molecule has 2 N–H and O–H groups in total. The molecular formula is C15H16N2O5. The lowest BCUT2D eigenvalue weighted by molar-refractivity contribution is -0.139. The lowest BCUT2D eigenvalue weighted by Gasteiger charge is -2.07. The van der Waals surface area contributed by atoms with E-state index in [1.54, 1.807) is 38.1 Å². The van der Waals surface area contributed by atoms with Crippen molar-refractivity contribution in [3.63, 3.8) is 0 Å². The molecule has 0 bridgehead atoms. The number of carbonyl (C=O) groups excluding carboxylic acids is 1. The Bertz CT molecular complexity index is 693.